The van der Waals surface area contributed by atoms with Crippen LogP contribution in [-0.4, -0.2) is 76.5 Å². The summed E-state index contributed by atoms with van der Waals surface area (Å²) in [6.07, 6.45) is 3.53. The first-order chi connectivity index (χ1) is 17.6. The molecule has 2 fully saturated rings. The molecule has 2 aliphatic carbocycles. The Hall–Kier alpha value is -2.46. The molecule has 12 atom stereocenters. The zero-order valence-corrected chi connectivity index (χ0v) is 21.9. The molecule has 3 heterocycles. The van der Waals surface area contributed by atoms with E-state index >= 15 is 0 Å². The lowest BCUT2D eigenvalue weighted by molar-refractivity contribution is -0.172. The first-order valence-corrected chi connectivity index (χ1v) is 13.1. The predicted molar refractivity (Wildman–Crippen MR) is 132 cm³/mol. The van der Waals surface area contributed by atoms with Gasteiger partial charge in [-0.15, -0.1) is 0 Å². The Labute approximate surface area is 216 Å². The van der Waals surface area contributed by atoms with E-state index in [0.717, 1.165) is 5.57 Å². The van der Waals surface area contributed by atoms with Crippen LogP contribution >= 0.6 is 0 Å². The van der Waals surface area contributed by atoms with E-state index in [0.29, 0.717) is 5.69 Å². The van der Waals surface area contributed by atoms with Crippen molar-refractivity contribution in [3.63, 3.8) is 0 Å². The van der Waals surface area contributed by atoms with Crippen LogP contribution in [0.3, 0.4) is 0 Å². The molecule has 1 saturated carbocycles. The Bertz CT molecular complexity index is 1080. The molecule has 3 N–H and O–H groups in total. The van der Waals surface area contributed by atoms with Crippen LogP contribution in [0.4, 0.5) is 0 Å². The molecule has 1 aromatic rings. The van der Waals surface area contributed by atoms with Crippen LogP contribution in [0.5, 0.6) is 0 Å². The van der Waals surface area contributed by atoms with Gasteiger partial charge in [-0.25, -0.2) is 9.59 Å². The molecular weight excluding hydrogens is 478 g/mol. The number of cyclic esters (lactones) is 1. The van der Waals surface area contributed by atoms with Crippen molar-refractivity contribution in [2.45, 2.75) is 76.3 Å². The van der Waals surface area contributed by atoms with E-state index in [1.165, 1.54) is 7.11 Å². The van der Waals surface area contributed by atoms with Gasteiger partial charge in [0.25, 0.3) is 0 Å². The van der Waals surface area contributed by atoms with Gasteiger partial charge in [-0.05, 0) is 38.0 Å². The Balaban J connectivity index is 1.58. The molecule has 1 spiro atoms. The standard InChI is InChI=1S/C28H37NO8/c1-13-11-14(2)28-17(12-20(34-5)27(33)35-23(13)16(4)30)8-9-18-21(28)22(31)15(3)24(25(18)37-28)36-26(32)19-7-6-10-29-19/h6-11,13,15-18,20-25,29-31H,12H2,1-5H3/b14-11+/t13-,15-,16-,17?,18?,20+,21?,22-,23?,24-,25-,28+/m1/s1. The SMILES string of the molecule is CO[C@H]1CC2C=CC3C4[C@H](O)[C@@H](C)[C@@H](OC(=O)c5ccc[nH]5)[C@@H]3O[C@@]24/C(C)=C/[C@@H](C)C([C@@H](C)O)OC1=O. The molecule has 9 nitrogen and oxygen atoms in total. The summed E-state index contributed by atoms with van der Waals surface area (Å²) in [4.78, 5) is 28.8. The van der Waals surface area contributed by atoms with Gasteiger partial charge in [-0.2, -0.15) is 0 Å². The van der Waals surface area contributed by atoms with E-state index in [4.69, 9.17) is 18.9 Å². The fourth-order valence-corrected chi connectivity index (χ4v) is 7.14. The highest BCUT2D eigenvalue weighted by atomic mass is 16.6. The van der Waals surface area contributed by atoms with E-state index in [-0.39, 0.29) is 36.0 Å². The lowest BCUT2D eigenvalue weighted by Gasteiger charge is -2.48. The Morgan fingerprint density at radius 3 is 2.70 bits per heavy atom. The van der Waals surface area contributed by atoms with Gasteiger partial charge in [0.05, 0.1) is 12.2 Å². The molecule has 1 saturated heterocycles. The molecule has 5 rings (SSSR count). The van der Waals surface area contributed by atoms with Crippen LogP contribution in [0.2, 0.25) is 0 Å². The summed E-state index contributed by atoms with van der Waals surface area (Å²) < 4.78 is 24.2. The smallest absolute Gasteiger partial charge is 0.355 e. The van der Waals surface area contributed by atoms with Gasteiger partial charge in [0.1, 0.15) is 29.6 Å². The fourth-order valence-electron chi connectivity index (χ4n) is 7.14. The molecule has 0 amide bonds. The van der Waals surface area contributed by atoms with Crippen LogP contribution in [0.1, 0.15) is 44.6 Å². The molecule has 4 bridgehead atoms. The van der Waals surface area contributed by atoms with Crippen molar-refractivity contribution < 1.29 is 38.7 Å². The molecule has 1 aromatic heterocycles. The normalized spacial score (nSPS) is 45.3. The number of aliphatic hydroxyl groups is 2. The van der Waals surface area contributed by atoms with Crippen LogP contribution in [0.15, 0.2) is 42.1 Å². The van der Waals surface area contributed by atoms with Crippen LogP contribution in [0.25, 0.3) is 0 Å². The van der Waals surface area contributed by atoms with Gasteiger partial charge in [0.2, 0.25) is 0 Å². The number of carbonyl (C=O) groups is 2. The van der Waals surface area contributed by atoms with Crippen LogP contribution in [0, 0.1) is 29.6 Å². The molecule has 4 aliphatic rings. The summed E-state index contributed by atoms with van der Waals surface area (Å²) in [6.45, 7) is 7.35. The third-order valence-electron chi connectivity index (χ3n) is 8.94. The van der Waals surface area contributed by atoms with E-state index in [1.54, 1.807) is 25.3 Å². The molecule has 202 valence electrons. The Kier molecular flexibility index (Phi) is 6.85. The third-order valence-corrected chi connectivity index (χ3v) is 8.94. The number of hydrogen-bond acceptors (Lipinski definition) is 8. The second-order valence-corrected chi connectivity index (χ2v) is 11.1. The molecule has 37 heavy (non-hydrogen) atoms. The van der Waals surface area contributed by atoms with E-state index in [2.05, 4.69) is 4.98 Å². The predicted octanol–water partition coefficient (Wildman–Crippen LogP) is 2.40. The summed E-state index contributed by atoms with van der Waals surface area (Å²) in [7, 11) is 1.46. The highest BCUT2D eigenvalue weighted by Crippen LogP contribution is 2.61. The first-order valence-electron chi connectivity index (χ1n) is 13.1. The first kappa shape index (κ1) is 26.2. The van der Waals surface area contributed by atoms with Gasteiger partial charge in [0, 0.05) is 42.9 Å². The second kappa shape index (κ2) is 9.69. The number of nitrogens with one attached hydrogen (secondary N) is 1. The number of H-pyrrole nitrogens is 1. The number of rotatable bonds is 4. The fraction of sp³-hybridized carbons (Fsp3) is 0.643. The van der Waals surface area contributed by atoms with Crippen LogP contribution in [-0.2, 0) is 23.7 Å². The van der Waals surface area contributed by atoms with E-state index in [9.17, 15) is 19.8 Å². The van der Waals surface area contributed by atoms with Gasteiger partial charge >= 0.3 is 11.9 Å². The summed E-state index contributed by atoms with van der Waals surface area (Å²) in [5.74, 6) is -2.49. The minimum absolute atomic E-state index is 0.175. The number of carbonyl (C=O) groups excluding carboxylic acids is 2. The summed E-state index contributed by atoms with van der Waals surface area (Å²) >= 11 is 0. The lowest BCUT2D eigenvalue weighted by atomic mass is 9.57. The van der Waals surface area contributed by atoms with Crippen molar-refractivity contribution in [2.24, 2.45) is 29.6 Å². The van der Waals surface area contributed by atoms with Crippen molar-refractivity contribution in [3.8, 4) is 0 Å². The van der Waals surface area contributed by atoms with Gasteiger partial charge in [-0.3, -0.25) is 0 Å². The molecule has 0 aromatic carbocycles. The number of aliphatic hydroxyl groups excluding tert-OH is 2. The lowest BCUT2D eigenvalue weighted by Crippen LogP contribution is -2.57. The summed E-state index contributed by atoms with van der Waals surface area (Å²) in [5, 5.41) is 22.1. The van der Waals surface area contributed by atoms with Crippen molar-refractivity contribution >= 4 is 11.9 Å². The third kappa shape index (κ3) is 4.07. The quantitative estimate of drug-likeness (QED) is 0.412. The van der Waals surface area contributed by atoms with E-state index in [1.807, 2.05) is 39.0 Å². The average molecular weight is 516 g/mol. The summed E-state index contributed by atoms with van der Waals surface area (Å²) in [6, 6.07) is 3.37. The second-order valence-electron chi connectivity index (χ2n) is 11.1. The number of methoxy groups -OCH3 is 1. The Morgan fingerprint density at radius 2 is 2.05 bits per heavy atom. The Morgan fingerprint density at radius 1 is 1.30 bits per heavy atom. The molecule has 9 heteroatoms. The van der Waals surface area contributed by atoms with Crippen molar-refractivity contribution in [1.82, 2.24) is 4.98 Å². The topological polar surface area (TPSA) is 127 Å². The average Bonchev–Trinajstić information content (AvgIpc) is 3.46. The number of ether oxygens (including phenoxy) is 4. The zero-order chi connectivity index (χ0) is 26.6. The highest BCUT2D eigenvalue weighted by molar-refractivity contribution is 5.87. The molecule has 0 radical (unpaired) electrons. The maximum Gasteiger partial charge on any atom is 0.355 e. The minimum atomic E-state index is -0.933. The maximum absolute atomic E-state index is 13.1. The highest BCUT2D eigenvalue weighted by Gasteiger charge is 2.69. The van der Waals surface area contributed by atoms with Crippen molar-refractivity contribution in [2.75, 3.05) is 7.11 Å². The van der Waals surface area contributed by atoms with Gasteiger partial charge in [0.15, 0.2) is 6.10 Å². The molecule has 4 unspecified atom stereocenters. The van der Waals surface area contributed by atoms with Crippen molar-refractivity contribution in [3.05, 3.63) is 47.8 Å². The summed E-state index contributed by atoms with van der Waals surface area (Å²) in [5.41, 5.74) is 0.301. The van der Waals surface area contributed by atoms with Gasteiger partial charge in [-0.1, -0.05) is 32.1 Å². The largest absolute Gasteiger partial charge is 0.457 e. The van der Waals surface area contributed by atoms with E-state index < -0.39 is 54.2 Å². The minimum Gasteiger partial charge on any atom is -0.457 e. The molecule has 2 aliphatic heterocycles. The maximum atomic E-state index is 13.1. The molecular formula is C28H37NO8. The number of aromatic amines is 1. The van der Waals surface area contributed by atoms with Crippen LogP contribution < -0.4 is 0 Å². The van der Waals surface area contributed by atoms with Gasteiger partial charge < -0.3 is 34.1 Å². The van der Waals surface area contributed by atoms with Crippen molar-refractivity contribution in [1.29, 1.82) is 0 Å². The number of aromatic nitrogens is 1. The zero-order valence-electron chi connectivity index (χ0n) is 21.9. The number of hydrogen-bond donors (Lipinski definition) is 3. The monoisotopic (exact) mass is 515 g/mol. The number of esters is 2.